The van der Waals surface area contributed by atoms with E-state index in [1.54, 1.807) is 11.6 Å². The Morgan fingerprint density at radius 3 is 2.65 bits per heavy atom. The van der Waals surface area contributed by atoms with Gasteiger partial charge in [-0.2, -0.15) is 13.2 Å². The van der Waals surface area contributed by atoms with Crippen molar-refractivity contribution in [1.82, 2.24) is 10.4 Å². The van der Waals surface area contributed by atoms with E-state index in [1.807, 2.05) is 0 Å². The van der Waals surface area contributed by atoms with Gasteiger partial charge in [-0.3, -0.25) is 11.3 Å². The van der Waals surface area contributed by atoms with Crippen LogP contribution in [0.3, 0.4) is 0 Å². The number of nitrogens with zero attached hydrogens (tertiary/aromatic N) is 1. The Hall–Kier alpha value is -1.51. The van der Waals surface area contributed by atoms with Crippen LogP contribution < -0.4 is 11.3 Å². The fourth-order valence-corrected chi connectivity index (χ4v) is 2.53. The maximum Gasteiger partial charge on any atom is 0.416 e. The third-order valence-corrected chi connectivity index (χ3v) is 3.56. The third-order valence-electron chi connectivity index (χ3n) is 2.76. The minimum absolute atomic E-state index is 0.153. The van der Waals surface area contributed by atoms with Crippen LogP contribution in [0.4, 0.5) is 17.6 Å². The second-order valence-corrected chi connectivity index (χ2v) is 5.06. The number of rotatable bonds is 4. The Kier molecular flexibility index (Phi) is 4.36. The van der Waals surface area contributed by atoms with Gasteiger partial charge in [0.05, 0.1) is 16.6 Å². The van der Waals surface area contributed by atoms with Crippen molar-refractivity contribution in [3.63, 3.8) is 0 Å². The van der Waals surface area contributed by atoms with Gasteiger partial charge in [-0.25, -0.2) is 9.37 Å². The number of aromatic nitrogens is 1. The van der Waals surface area contributed by atoms with Crippen LogP contribution in [0.2, 0.25) is 0 Å². The Labute approximate surface area is 116 Å². The van der Waals surface area contributed by atoms with Crippen molar-refractivity contribution in [1.29, 1.82) is 0 Å². The van der Waals surface area contributed by atoms with E-state index >= 15 is 0 Å². The molecule has 1 unspecified atom stereocenters. The Bertz CT molecular complexity index is 569. The summed E-state index contributed by atoms with van der Waals surface area (Å²) in [6, 6.07) is 1.48. The highest BCUT2D eigenvalue weighted by molar-refractivity contribution is 7.09. The molecule has 108 valence electrons. The standard InChI is InChI=1S/C12H11F4N3S/c13-7-1-2-9(12(14,15)16)8(5-7)10(19-17)6-11-18-3-4-20-11/h1-5,10,19H,6,17H2. The molecule has 0 saturated heterocycles. The molecule has 3 N–H and O–H groups in total. The van der Waals surface area contributed by atoms with Gasteiger partial charge in [0.15, 0.2) is 0 Å². The molecule has 0 aliphatic carbocycles. The van der Waals surface area contributed by atoms with Crippen LogP contribution in [0.5, 0.6) is 0 Å². The van der Waals surface area contributed by atoms with Crippen molar-refractivity contribution in [3.05, 3.63) is 51.7 Å². The quantitative estimate of drug-likeness (QED) is 0.518. The van der Waals surface area contributed by atoms with Crippen LogP contribution in [0, 0.1) is 5.82 Å². The SMILES string of the molecule is NNC(Cc1nccs1)c1cc(F)ccc1C(F)(F)F. The predicted octanol–water partition coefficient (Wildman–Crippen LogP) is 3.05. The fraction of sp³-hybridized carbons (Fsp3) is 0.250. The van der Waals surface area contributed by atoms with Crippen molar-refractivity contribution in [2.75, 3.05) is 0 Å². The summed E-state index contributed by atoms with van der Waals surface area (Å²) in [6.07, 6.45) is -2.87. The largest absolute Gasteiger partial charge is 0.416 e. The van der Waals surface area contributed by atoms with Crippen LogP contribution >= 0.6 is 11.3 Å². The predicted molar refractivity (Wildman–Crippen MR) is 67.3 cm³/mol. The minimum atomic E-state index is -4.57. The van der Waals surface area contributed by atoms with Crippen LogP contribution in [0.25, 0.3) is 0 Å². The van der Waals surface area contributed by atoms with E-state index in [9.17, 15) is 17.6 Å². The lowest BCUT2D eigenvalue weighted by atomic mass is 9.98. The van der Waals surface area contributed by atoms with Gasteiger partial charge < -0.3 is 0 Å². The first-order valence-corrected chi connectivity index (χ1v) is 6.51. The van der Waals surface area contributed by atoms with E-state index in [0.29, 0.717) is 5.01 Å². The van der Waals surface area contributed by atoms with E-state index in [4.69, 9.17) is 5.84 Å². The molecule has 3 nitrogen and oxygen atoms in total. The van der Waals surface area contributed by atoms with Crippen LogP contribution in [0.15, 0.2) is 29.8 Å². The van der Waals surface area contributed by atoms with Crippen LogP contribution in [-0.2, 0) is 12.6 Å². The summed E-state index contributed by atoms with van der Waals surface area (Å²) in [6.45, 7) is 0. The molecule has 0 bridgehead atoms. The van der Waals surface area contributed by atoms with Crippen LogP contribution in [-0.4, -0.2) is 4.98 Å². The molecule has 20 heavy (non-hydrogen) atoms. The van der Waals surface area contributed by atoms with E-state index in [-0.39, 0.29) is 12.0 Å². The van der Waals surface area contributed by atoms with Gasteiger partial charge in [0.1, 0.15) is 5.82 Å². The third kappa shape index (κ3) is 3.33. The normalized spacial score (nSPS) is 13.4. The molecule has 0 amide bonds. The van der Waals surface area contributed by atoms with Crippen molar-refractivity contribution >= 4 is 11.3 Å². The van der Waals surface area contributed by atoms with Crippen molar-refractivity contribution in [2.45, 2.75) is 18.6 Å². The molecule has 0 aliphatic rings. The maximum atomic E-state index is 13.3. The average Bonchev–Trinajstić information content (AvgIpc) is 2.87. The molecule has 8 heteroatoms. The van der Waals surface area contributed by atoms with Gasteiger partial charge >= 0.3 is 6.18 Å². The summed E-state index contributed by atoms with van der Waals surface area (Å²) in [5.41, 5.74) is 1.17. The molecule has 0 aliphatic heterocycles. The monoisotopic (exact) mass is 305 g/mol. The minimum Gasteiger partial charge on any atom is -0.271 e. The summed E-state index contributed by atoms with van der Waals surface area (Å²) in [7, 11) is 0. The molecule has 2 aromatic rings. The maximum absolute atomic E-state index is 13.3. The number of hydrazine groups is 1. The Morgan fingerprint density at radius 1 is 1.35 bits per heavy atom. The lowest BCUT2D eigenvalue weighted by Crippen LogP contribution is -2.31. The zero-order valence-corrected chi connectivity index (χ0v) is 10.9. The highest BCUT2D eigenvalue weighted by Gasteiger charge is 2.35. The first kappa shape index (κ1) is 14.9. The molecular formula is C12H11F4N3S. The molecule has 0 spiro atoms. The highest BCUT2D eigenvalue weighted by atomic mass is 32.1. The fourth-order valence-electron chi connectivity index (χ4n) is 1.87. The van der Waals surface area contributed by atoms with Crippen LogP contribution in [0.1, 0.15) is 22.2 Å². The summed E-state index contributed by atoms with van der Waals surface area (Å²) in [4.78, 5) is 3.99. The Morgan fingerprint density at radius 2 is 2.10 bits per heavy atom. The van der Waals surface area contributed by atoms with E-state index in [1.165, 1.54) is 11.3 Å². The summed E-state index contributed by atoms with van der Waals surface area (Å²) < 4.78 is 52.1. The molecule has 0 saturated carbocycles. The number of nitrogens with one attached hydrogen (secondary N) is 1. The van der Waals surface area contributed by atoms with Gasteiger partial charge in [-0.1, -0.05) is 0 Å². The molecule has 1 aromatic carbocycles. The van der Waals surface area contributed by atoms with Gasteiger partial charge in [-0.15, -0.1) is 11.3 Å². The smallest absolute Gasteiger partial charge is 0.271 e. The molecule has 0 radical (unpaired) electrons. The molecular weight excluding hydrogens is 294 g/mol. The first-order chi connectivity index (χ1) is 9.41. The van der Waals surface area contributed by atoms with Crippen molar-refractivity contribution < 1.29 is 17.6 Å². The van der Waals surface area contributed by atoms with E-state index in [2.05, 4.69) is 10.4 Å². The number of benzene rings is 1. The number of alkyl halides is 3. The van der Waals surface area contributed by atoms with E-state index < -0.39 is 23.6 Å². The summed E-state index contributed by atoms with van der Waals surface area (Å²) in [5.74, 6) is 4.58. The number of hydrogen-bond acceptors (Lipinski definition) is 4. The molecule has 2 rings (SSSR count). The van der Waals surface area contributed by atoms with Gasteiger partial charge in [0.2, 0.25) is 0 Å². The second kappa shape index (κ2) is 5.86. The van der Waals surface area contributed by atoms with Gasteiger partial charge in [0, 0.05) is 18.0 Å². The second-order valence-electron chi connectivity index (χ2n) is 4.08. The van der Waals surface area contributed by atoms with Gasteiger partial charge in [0.25, 0.3) is 0 Å². The summed E-state index contributed by atoms with van der Waals surface area (Å²) >= 11 is 1.30. The highest BCUT2D eigenvalue weighted by Crippen LogP contribution is 2.35. The van der Waals surface area contributed by atoms with E-state index in [0.717, 1.165) is 18.2 Å². The van der Waals surface area contributed by atoms with Crippen molar-refractivity contribution in [2.24, 2.45) is 5.84 Å². The Balaban J connectivity index is 2.40. The number of halogens is 4. The molecule has 0 fully saturated rings. The molecule has 1 heterocycles. The number of thiazole rings is 1. The lowest BCUT2D eigenvalue weighted by Gasteiger charge is -2.20. The lowest BCUT2D eigenvalue weighted by molar-refractivity contribution is -0.138. The summed E-state index contributed by atoms with van der Waals surface area (Å²) in [5, 5.41) is 2.32. The topological polar surface area (TPSA) is 50.9 Å². The first-order valence-electron chi connectivity index (χ1n) is 5.63. The molecule has 1 aromatic heterocycles. The number of hydrogen-bond donors (Lipinski definition) is 2. The van der Waals surface area contributed by atoms with Crippen molar-refractivity contribution in [3.8, 4) is 0 Å². The number of nitrogens with two attached hydrogens (primary N) is 1. The molecule has 1 atom stereocenters. The average molecular weight is 305 g/mol. The zero-order valence-electron chi connectivity index (χ0n) is 10.1. The van der Waals surface area contributed by atoms with Gasteiger partial charge in [-0.05, 0) is 23.8 Å². The zero-order chi connectivity index (χ0) is 14.8.